The van der Waals surface area contributed by atoms with Gasteiger partial charge in [0, 0.05) is 23.4 Å². The van der Waals surface area contributed by atoms with Crippen molar-refractivity contribution in [1.82, 2.24) is 9.55 Å². The first-order valence-electron chi connectivity index (χ1n) is 10.5. The zero-order valence-electron chi connectivity index (χ0n) is 17.2. The number of carbonyl (C=O) groups excluding carboxylic acids is 1. The van der Waals surface area contributed by atoms with Crippen LogP contribution >= 0.6 is 27.5 Å². The number of ether oxygens (including phenoxy) is 1. The van der Waals surface area contributed by atoms with Crippen LogP contribution in [0.25, 0.3) is 11.0 Å². The third-order valence-corrected chi connectivity index (χ3v) is 6.71. The highest BCUT2D eigenvalue weighted by Crippen LogP contribution is 2.36. The number of anilines is 1. The predicted molar refractivity (Wildman–Crippen MR) is 131 cm³/mol. The molecular formula is C25H21BrClN3O2. The molecular weight excluding hydrogens is 490 g/mol. The van der Waals surface area contributed by atoms with Gasteiger partial charge in [0.25, 0.3) is 0 Å². The Kier molecular flexibility index (Phi) is 5.89. The average Bonchev–Trinajstić information content (AvgIpc) is 3.36. The van der Waals surface area contributed by atoms with Crippen molar-refractivity contribution in [3.63, 3.8) is 0 Å². The summed E-state index contributed by atoms with van der Waals surface area (Å²) in [6, 6.07) is 23.3. The number of hydrogen-bond donors (Lipinski definition) is 0. The number of para-hydroxylation sites is 4. The fourth-order valence-corrected chi connectivity index (χ4v) is 4.92. The van der Waals surface area contributed by atoms with Crippen LogP contribution in [0, 0.1) is 0 Å². The van der Waals surface area contributed by atoms with Gasteiger partial charge < -0.3 is 14.2 Å². The standard InChI is InChI=1S/C25H21BrClN3O2/c26-18-7-1-4-10-21(18)30-16-17(15-24(30)31)25-28-20-9-3-5-11-22(20)29(25)13-14-32-23-12-6-2-8-19(23)27/h1-12,17H,13-16H2. The molecule has 1 aromatic heterocycles. The van der Waals surface area contributed by atoms with E-state index in [1.165, 1.54) is 0 Å². The van der Waals surface area contributed by atoms with Gasteiger partial charge in [0.05, 0.1) is 28.3 Å². The van der Waals surface area contributed by atoms with Crippen LogP contribution in [-0.2, 0) is 11.3 Å². The van der Waals surface area contributed by atoms with Crippen molar-refractivity contribution in [3.05, 3.63) is 88.1 Å². The fraction of sp³-hybridized carbons (Fsp3) is 0.200. The molecule has 1 atom stereocenters. The Morgan fingerprint density at radius 2 is 1.78 bits per heavy atom. The maximum absolute atomic E-state index is 12.9. The molecule has 0 bridgehead atoms. The highest BCUT2D eigenvalue weighted by molar-refractivity contribution is 9.10. The first-order valence-corrected chi connectivity index (χ1v) is 11.7. The summed E-state index contributed by atoms with van der Waals surface area (Å²) in [5, 5.41) is 0.591. The van der Waals surface area contributed by atoms with Crippen molar-refractivity contribution in [2.45, 2.75) is 18.9 Å². The monoisotopic (exact) mass is 509 g/mol. The summed E-state index contributed by atoms with van der Waals surface area (Å²) >= 11 is 9.80. The Morgan fingerprint density at radius 3 is 2.62 bits per heavy atom. The van der Waals surface area contributed by atoms with Crippen LogP contribution in [0.2, 0.25) is 5.02 Å². The topological polar surface area (TPSA) is 47.4 Å². The lowest BCUT2D eigenvalue weighted by molar-refractivity contribution is -0.117. The molecule has 162 valence electrons. The number of nitrogens with zero attached hydrogens (tertiary/aromatic N) is 3. The number of carbonyl (C=O) groups is 1. The van der Waals surface area contributed by atoms with Crippen molar-refractivity contribution in [1.29, 1.82) is 0 Å². The van der Waals surface area contributed by atoms with E-state index in [0.29, 0.717) is 36.9 Å². The lowest BCUT2D eigenvalue weighted by atomic mass is 10.1. The molecule has 4 aromatic rings. The lowest BCUT2D eigenvalue weighted by Gasteiger charge is -2.19. The summed E-state index contributed by atoms with van der Waals surface area (Å²) in [5.41, 5.74) is 2.86. The number of amides is 1. The highest BCUT2D eigenvalue weighted by atomic mass is 79.9. The number of hydrogen-bond acceptors (Lipinski definition) is 3. The second-order valence-corrected chi connectivity index (χ2v) is 9.01. The van der Waals surface area contributed by atoms with Gasteiger partial charge >= 0.3 is 0 Å². The van der Waals surface area contributed by atoms with E-state index in [1.807, 2.05) is 71.6 Å². The van der Waals surface area contributed by atoms with E-state index in [1.54, 1.807) is 0 Å². The molecule has 7 heteroatoms. The van der Waals surface area contributed by atoms with Gasteiger partial charge in [-0.25, -0.2) is 4.98 Å². The summed E-state index contributed by atoms with van der Waals surface area (Å²) in [6.45, 7) is 1.66. The molecule has 0 aliphatic carbocycles. The second-order valence-electron chi connectivity index (χ2n) is 7.75. The number of benzene rings is 3. The Balaban J connectivity index is 1.42. The van der Waals surface area contributed by atoms with E-state index in [0.717, 1.165) is 27.0 Å². The Bertz CT molecular complexity index is 1290. The normalized spacial score (nSPS) is 16.1. The van der Waals surface area contributed by atoms with E-state index in [2.05, 4.69) is 26.6 Å². The SMILES string of the molecule is O=C1CC(c2nc3ccccc3n2CCOc2ccccc2Cl)CN1c1ccccc1Br. The number of rotatable bonds is 6. The summed E-state index contributed by atoms with van der Waals surface area (Å²) in [4.78, 5) is 19.7. The Morgan fingerprint density at radius 1 is 1.03 bits per heavy atom. The van der Waals surface area contributed by atoms with Crippen molar-refractivity contribution >= 4 is 50.2 Å². The van der Waals surface area contributed by atoms with Crippen LogP contribution in [0.5, 0.6) is 5.75 Å². The molecule has 0 N–H and O–H groups in total. The van der Waals surface area contributed by atoms with E-state index >= 15 is 0 Å². The summed E-state index contributed by atoms with van der Waals surface area (Å²) in [5.74, 6) is 1.68. The Labute approximate surface area is 199 Å². The molecule has 0 radical (unpaired) electrons. The molecule has 5 nitrogen and oxygen atoms in total. The molecule has 5 rings (SSSR count). The maximum atomic E-state index is 12.9. The van der Waals surface area contributed by atoms with Gasteiger partial charge in [0.1, 0.15) is 18.2 Å². The molecule has 1 aliphatic rings. The zero-order valence-corrected chi connectivity index (χ0v) is 19.6. The largest absolute Gasteiger partial charge is 0.490 e. The first kappa shape index (κ1) is 21.0. The quantitative estimate of drug-likeness (QED) is 0.317. The van der Waals surface area contributed by atoms with Gasteiger partial charge in [-0.3, -0.25) is 4.79 Å². The van der Waals surface area contributed by atoms with Crippen molar-refractivity contribution in [2.75, 3.05) is 18.1 Å². The van der Waals surface area contributed by atoms with Crippen molar-refractivity contribution < 1.29 is 9.53 Å². The average molecular weight is 511 g/mol. The second kappa shape index (κ2) is 8.96. The van der Waals surface area contributed by atoms with Crippen LogP contribution in [0.15, 0.2) is 77.3 Å². The molecule has 1 unspecified atom stereocenters. The molecule has 1 saturated heterocycles. The minimum atomic E-state index is 0.00215. The van der Waals surface area contributed by atoms with E-state index in [9.17, 15) is 4.79 Å². The summed E-state index contributed by atoms with van der Waals surface area (Å²) < 4.78 is 9.03. The smallest absolute Gasteiger partial charge is 0.227 e. The number of halogens is 2. The van der Waals surface area contributed by atoms with Crippen LogP contribution in [0.1, 0.15) is 18.2 Å². The van der Waals surface area contributed by atoms with Crippen LogP contribution in [0.4, 0.5) is 5.69 Å². The molecule has 2 heterocycles. The molecule has 0 spiro atoms. The van der Waals surface area contributed by atoms with Crippen LogP contribution < -0.4 is 9.64 Å². The zero-order chi connectivity index (χ0) is 22.1. The molecule has 1 amide bonds. The summed E-state index contributed by atoms with van der Waals surface area (Å²) in [6.07, 6.45) is 0.427. The highest BCUT2D eigenvalue weighted by Gasteiger charge is 2.35. The predicted octanol–water partition coefficient (Wildman–Crippen LogP) is 6.05. The third-order valence-electron chi connectivity index (χ3n) is 5.73. The van der Waals surface area contributed by atoms with Gasteiger partial charge in [0.15, 0.2) is 0 Å². The Hall–Kier alpha value is -2.83. The van der Waals surface area contributed by atoms with E-state index in [-0.39, 0.29) is 11.8 Å². The van der Waals surface area contributed by atoms with Gasteiger partial charge in [-0.1, -0.05) is 48.0 Å². The van der Waals surface area contributed by atoms with Crippen molar-refractivity contribution in [3.8, 4) is 5.75 Å². The molecule has 32 heavy (non-hydrogen) atoms. The van der Waals surface area contributed by atoms with Crippen LogP contribution in [-0.4, -0.2) is 28.6 Å². The van der Waals surface area contributed by atoms with Gasteiger partial charge in [-0.05, 0) is 52.3 Å². The molecule has 1 aliphatic heterocycles. The minimum Gasteiger partial charge on any atom is -0.490 e. The summed E-state index contributed by atoms with van der Waals surface area (Å²) in [7, 11) is 0. The third kappa shape index (κ3) is 4.00. The fourth-order valence-electron chi connectivity index (χ4n) is 4.23. The van der Waals surface area contributed by atoms with Gasteiger partial charge in [-0.15, -0.1) is 0 Å². The number of aromatic nitrogens is 2. The van der Waals surface area contributed by atoms with E-state index in [4.69, 9.17) is 21.3 Å². The van der Waals surface area contributed by atoms with Crippen molar-refractivity contribution in [2.24, 2.45) is 0 Å². The van der Waals surface area contributed by atoms with Gasteiger partial charge in [0.2, 0.25) is 5.91 Å². The van der Waals surface area contributed by atoms with Gasteiger partial charge in [-0.2, -0.15) is 0 Å². The minimum absolute atomic E-state index is 0.00215. The molecule has 0 saturated carbocycles. The molecule has 3 aromatic carbocycles. The number of fused-ring (bicyclic) bond motifs is 1. The molecule has 1 fully saturated rings. The van der Waals surface area contributed by atoms with Crippen LogP contribution in [0.3, 0.4) is 0 Å². The first-order chi connectivity index (χ1) is 15.6. The van der Waals surface area contributed by atoms with E-state index < -0.39 is 0 Å². The number of imidazole rings is 1. The maximum Gasteiger partial charge on any atom is 0.227 e. The lowest BCUT2D eigenvalue weighted by Crippen LogP contribution is -2.25.